The Morgan fingerprint density at radius 1 is 1.00 bits per heavy atom. The molecule has 1 aromatic rings. The zero-order valence-corrected chi connectivity index (χ0v) is 16.9. The fourth-order valence-corrected chi connectivity index (χ4v) is 15.8. The van der Waals surface area contributed by atoms with Gasteiger partial charge in [-0.25, -0.2) is 0 Å². The SMILES string of the molecule is C[N+]1(C[CH2][Ge@@]([CH2]O)([c]2ccccc2)[CH]2CCCC2)CCCCC1. The molecule has 2 fully saturated rings. The molecule has 2 aliphatic rings. The average Bonchev–Trinajstić information content (AvgIpc) is 3.13. The second kappa shape index (κ2) is 7.71. The Labute approximate surface area is 144 Å². The van der Waals surface area contributed by atoms with Gasteiger partial charge in [0, 0.05) is 0 Å². The normalized spacial score (nSPS) is 24.4. The van der Waals surface area contributed by atoms with E-state index in [1.807, 2.05) is 0 Å². The molecule has 1 heterocycles. The van der Waals surface area contributed by atoms with Crippen LogP contribution >= 0.6 is 0 Å². The molecular weight excluding hydrogens is 343 g/mol. The van der Waals surface area contributed by atoms with Crippen LogP contribution in [0, 0.1) is 0 Å². The van der Waals surface area contributed by atoms with Crippen molar-refractivity contribution in [3.05, 3.63) is 30.3 Å². The third-order valence-electron chi connectivity index (χ3n) is 6.76. The Kier molecular flexibility index (Phi) is 5.87. The number of benzene rings is 1. The maximum absolute atomic E-state index is 10.6. The summed E-state index contributed by atoms with van der Waals surface area (Å²) in [6, 6.07) is 11.2. The second-order valence-electron chi connectivity index (χ2n) is 8.26. The number of nitrogens with zero attached hydrogens (tertiary/aromatic N) is 1. The number of quaternary nitrogens is 1. The van der Waals surface area contributed by atoms with Crippen molar-refractivity contribution in [3.8, 4) is 0 Å². The number of aliphatic hydroxyl groups excluding tert-OH is 1. The monoisotopic (exact) mass is 378 g/mol. The van der Waals surface area contributed by atoms with E-state index in [9.17, 15) is 5.11 Å². The minimum absolute atomic E-state index is 0.495. The van der Waals surface area contributed by atoms with E-state index in [2.05, 4.69) is 37.4 Å². The van der Waals surface area contributed by atoms with Crippen molar-refractivity contribution in [3.63, 3.8) is 0 Å². The molecular formula is C20H34GeNO+. The summed E-state index contributed by atoms with van der Waals surface area (Å²) in [5, 5.41) is 11.9. The molecule has 0 bridgehead atoms. The van der Waals surface area contributed by atoms with Crippen LogP contribution in [-0.4, -0.2) is 55.0 Å². The molecule has 1 N–H and O–H groups in total. The number of hydrogen-bond donors (Lipinski definition) is 1. The molecule has 1 atom stereocenters. The third-order valence-corrected chi connectivity index (χ3v) is 17.9. The average molecular weight is 377 g/mol. The first kappa shape index (κ1) is 17.5. The molecule has 23 heavy (non-hydrogen) atoms. The van der Waals surface area contributed by atoms with Crippen molar-refractivity contribution < 1.29 is 9.59 Å². The van der Waals surface area contributed by atoms with Gasteiger partial charge in [0.25, 0.3) is 0 Å². The van der Waals surface area contributed by atoms with Crippen molar-refractivity contribution in [1.82, 2.24) is 0 Å². The van der Waals surface area contributed by atoms with Gasteiger partial charge in [0.2, 0.25) is 0 Å². The second-order valence-corrected chi connectivity index (χ2v) is 17.8. The van der Waals surface area contributed by atoms with E-state index in [4.69, 9.17) is 0 Å². The first-order valence-electron chi connectivity index (χ1n) is 9.69. The molecule has 0 radical (unpaired) electrons. The van der Waals surface area contributed by atoms with Gasteiger partial charge < -0.3 is 0 Å². The van der Waals surface area contributed by atoms with E-state index in [0.29, 0.717) is 5.44 Å². The standard InChI is InChI=1S/C20H34GeNO/c1-22(15-8-3-9-16-22)17-14-21(18-23,20-12-6-7-13-20)19-10-4-2-5-11-19/h2,4-5,10-11,20,23H,3,6-9,12-18H2,1H3/q+1/t21-/m1/s1. The van der Waals surface area contributed by atoms with Crippen LogP contribution in [0.1, 0.15) is 44.9 Å². The van der Waals surface area contributed by atoms with Crippen LogP contribution in [0.15, 0.2) is 30.3 Å². The Hall–Kier alpha value is -0.317. The van der Waals surface area contributed by atoms with Crippen LogP contribution in [0.5, 0.6) is 0 Å². The molecule has 3 rings (SSSR count). The molecule has 1 saturated heterocycles. The molecule has 1 saturated carbocycles. The molecule has 0 amide bonds. The van der Waals surface area contributed by atoms with Gasteiger partial charge in [-0.3, -0.25) is 0 Å². The Bertz CT molecular complexity index is 480. The molecule has 1 aromatic carbocycles. The van der Waals surface area contributed by atoms with Gasteiger partial charge in [0.1, 0.15) is 0 Å². The summed E-state index contributed by atoms with van der Waals surface area (Å²) < 4.78 is 3.66. The molecule has 2 nitrogen and oxygen atoms in total. The van der Waals surface area contributed by atoms with Gasteiger partial charge in [-0.15, -0.1) is 0 Å². The first-order valence-corrected chi connectivity index (χ1v) is 14.9. The van der Waals surface area contributed by atoms with Gasteiger partial charge in [-0.05, 0) is 0 Å². The molecule has 0 spiro atoms. The van der Waals surface area contributed by atoms with Gasteiger partial charge in [-0.2, -0.15) is 0 Å². The van der Waals surface area contributed by atoms with Gasteiger partial charge >= 0.3 is 145 Å². The van der Waals surface area contributed by atoms with E-state index in [1.54, 1.807) is 4.40 Å². The number of aliphatic hydroxyl groups is 1. The molecule has 3 heteroatoms. The summed E-state index contributed by atoms with van der Waals surface area (Å²) in [5.41, 5.74) is 0.495. The number of likely N-dealkylation sites (tertiary alicyclic amines) is 1. The zero-order chi connectivity index (χ0) is 16.2. The first-order chi connectivity index (χ1) is 11.2. The number of piperidine rings is 1. The van der Waals surface area contributed by atoms with E-state index in [1.165, 1.54) is 74.3 Å². The van der Waals surface area contributed by atoms with Crippen LogP contribution in [0.2, 0.25) is 10.0 Å². The van der Waals surface area contributed by atoms with Crippen LogP contribution in [0.25, 0.3) is 0 Å². The maximum atomic E-state index is 10.6. The van der Waals surface area contributed by atoms with Crippen LogP contribution < -0.4 is 4.40 Å². The summed E-state index contributed by atoms with van der Waals surface area (Å²) in [6.07, 6.45) is 9.72. The Balaban J connectivity index is 1.82. The summed E-state index contributed by atoms with van der Waals surface area (Å²) in [7, 11) is 2.46. The van der Waals surface area contributed by atoms with Crippen LogP contribution in [-0.2, 0) is 0 Å². The Morgan fingerprint density at radius 2 is 1.65 bits per heavy atom. The van der Waals surface area contributed by atoms with Crippen molar-refractivity contribution in [2.45, 2.75) is 54.9 Å². The quantitative estimate of drug-likeness (QED) is 0.595. The summed E-state index contributed by atoms with van der Waals surface area (Å²) in [4.78, 5) is 0. The molecule has 128 valence electrons. The van der Waals surface area contributed by atoms with E-state index in [0.717, 1.165) is 4.75 Å². The molecule has 0 aromatic heterocycles. The number of rotatable bonds is 6. The van der Waals surface area contributed by atoms with E-state index >= 15 is 0 Å². The van der Waals surface area contributed by atoms with Gasteiger partial charge in [-0.1, -0.05) is 0 Å². The van der Waals surface area contributed by atoms with Crippen LogP contribution in [0.3, 0.4) is 0 Å². The van der Waals surface area contributed by atoms with E-state index < -0.39 is 13.3 Å². The van der Waals surface area contributed by atoms with Crippen LogP contribution in [0.4, 0.5) is 0 Å². The molecule has 0 unspecified atom stereocenters. The van der Waals surface area contributed by atoms with Gasteiger partial charge in [0.15, 0.2) is 0 Å². The third kappa shape index (κ3) is 3.85. The number of hydrogen-bond acceptors (Lipinski definition) is 1. The minimum atomic E-state index is -2.43. The van der Waals surface area contributed by atoms with Crippen molar-refractivity contribution in [2.24, 2.45) is 0 Å². The van der Waals surface area contributed by atoms with E-state index in [-0.39, 0.29) is 0 Å². The van der Waals surface area contributed by atoms with Crippen molar-refractivity contribution >= 4 is 17.7 Å². The van der Waals surface area contributed by atoms with Crippen molar-refractivity contribution in [1.29, 1.82) is 0 Å². The molecule has 1 aliphatic carbocycles. The van der Waals surface area contributed by atoms with Gasteiger partial charge in [0.05, 0.1) is 0 Å². The fourth-order valence-electron chi connectivity index (χ4n) is 5.10. The summed E-state index contributed by atoms with van der Waals surface area (Å²) >= 11 is -2.43. The topological polar surface area (TPSA) is 20.2 Å². The molecule has 1 aliphatic heterocycles. The predicted molar refractivity (Wildman–Crippen MR) is 101 cm³/mol. The van der Waals surface area contributed by atoms with Crippen molar-refractivity contribution in [2.75, 3.05) is 32.1 Å². The zero-order valence-electron chi connectivity index (χ0n) is 14.8. The summed E-state index contributed by atoms with van der Waals surface area (Å²) in [5.74, 6) is 0. The summed E-state index contributed by atoms with van der Waals surface area (Å²) in [6.45, 7) is 4.00. The fraction of sp³-hybridized carbons (Fsp3) is 0.700. The Morgan fingerprint density at radius 3 is 2.26 bits per heavy atom. The predicted octanol–water partition coefficient (Wildman–Crippen LogP) is 3.45.